The number of amides is 1. The first kappa shape index (κ1) is 23.6. The third kappa shape index (κ3) is 6.18. The van der Waals surface area contributed by atoms with Crippen LogP contribution < -0.4 is 15.4 Å². The molecule has 1 atom stereocenters. The van der Waals surface area contributed by atoms with E-state index in [1.54, 1.807) is 0 Å². The van der Waals surface area contributed by atoms with E-state index in [9.17, 15) is 35.5 Å². The van der Waals surface area contributed by atoms with Crippen LogP contribution in [0.5, 0.6) is 5.75 Å². The fourth-order valence-electron chi connectivity index (χ4n) is 2.67. The fraction of sp³-hybridized carbons (Fsp3) is 0.444. The summed E-state index contributed by atoms with van der Waals surface area (Å²) in [5.41, 5.74) is -2.09. The van der Waals surface area contributed by atoms with Crippen LogP contribution in [-0.2, 0) is 6.18 Å². The number of aromatic nitrogens is 1. The Balaban J connectivity index is 2.36. The van der Waals surface area contributed by atoms with Gasteiger partial charge in [0.25, 0.3) is 12.3 Å². The largest absolute Gasteiger partial charge is 0.435 e. The molecule has 2 aromatic rings. The topological polar surface area (TPSA) is 63.2 Å². The summed E-state index contributed by atoms with van der Waals surface area (Å²) in [5, 5.41) is 4.76. The van der Waals surface area contributed by atoms with Crippen molar-refractivity contribution in [1.82, 2.24) is 15.6 Å². The van der Waals surface area contributed by atoms with Crippen molar-refractivity contribution in [2.24, 2.45) is 0 Å². The van der Waals surface area contributed by atoms with Gasteiger partial charge in [0.15, 0.2) is 0 Å². The SMILES string of the molecule is Cc1cc(C(=O)NCC(C)NCC(F)F)nc2c(C(F)(F)F)cc(OC(F)F)cc12. The summed E-state index contributed by atoms with van der Waals surface area (Å²) in [6, 6.07) is 2.04. The highest BCUT2D eigenvalue weighted by Gasteiger charge is 2.35. The number of ether oxygens (including phenoxy) is 1. The molecule has 2 N–H and O–H groups in total. The number of pyridine rings is 1. The molecule has 1 unspecified atom stereocenters. The highest BCUT2D eigenvalue weighted by Crippen LogP contribution is 2.38. The molecule has 1 heterocycles. The van der Waals surface area contributed by atoms with Crippen LogP contribution in [0, 0.1) is 6.92 Å². The van der Waals surface area contributed by atoms with Crippen molar-refractivity contribution < 1.29 is 40.3 Å². The molecule has 12 heteroatoms. The zero-order chi connectivity index (χ0) is 22.6. The van der Waals surface area contributed by atoms with Gasteiger partial charge in [0.1, 0.15) is 11.4 Å². The van der Waals surface area contributed by atoms with Crippen LogP contribution in [0.3, 0.4) is 0 Å². The summed E-state index contributed by atoms with van der Waals surface area (Å²) in [6.45, 7) is -1.05. The average molecular weight is 441 g/mol. The van der Waals surface area contributed by atoms with Crippen molar-refractivity contribution in [3.8, 4) is 5.75 Å². The Morgan fingerprint density at radius 2 is 1.80 bits per heavy atom. The molecular weight excluding hydrogens is 423 g/mol. The Morgan fingerprint density at radius 1 is 1.13 bits per heavy atom. The van der Waals surface area contributed by atoms with Gasteiger partial charge in [-0.05, 0) is 37.6 Å². The Morgan fingerprint density at radius 3 is 2.37 bits per heavy atom. The van der Waals surface area contributed by atoms with Gasteiger partial charge in [-0.15, -0.1) is 0 Å². The number of alkyl halides is 7. The number of fused-ring (bicyclic) bond motifs is 1. The van der Waals surface area contributed by atoms with Gasteiger partial charge >= 0.3 is 12.8 Å². The lowest BCUT2D eigenvalue weighted by atomic mass is 10.0. The normalized spacial score (nSPS) is 13.2. The molecule has 30 heavy (non-hydrogen) atoms. The summed E-state index contributed by atoms with van der Waals surface area (Å²) in [7, 11) is 0. The summed E-state index contributed by atoms with van der Waals surface area (Å²) >= 11 is 0. The second kappa shape index (κ2) is 9.45. The molecule has 0 saturated carbocycles. The quantitative estimate of drug-likeness (QED) is 0.605. The number of rotatable bonds is 8. The van der Waals surface area contributed by atoms with Crippen LogP contribution >= 0.6 is 0 Å². The van der Waals surface area contributed by atoms with E-state index in [4.69, 9.17) is 0 Å². The molecule has 5 nitrogen and oxygen atoms in total. The number of nitrogens with zero attached hydrogens (tertiary/aromatic N) is 1. The summed E-state index contributed by atoms with van der Waals surface area (Å²) in [4.78, 5) is 16.1. The molecule has 1 aromatic heterocycles. The molecule has 1 aromatic carbocycles. The van der Waals surface area contributed by atoms with E-state index in [-0.39, 0.29) is 23.2 Å². The maximum atomic E-state index is 13.5. The van der Waals surface area contributed by atoms with Crippen molar-refractivity contribution in [1.29, 1.82) is 0 Å². The second-order valence-corrected chi connectivity index (χ2v) is 6.48. The molecule has 0 radical (unpaired) electrons. The first-order valence-corrected chi connectivity index (χ1v) is 8.65. The highest BCUT2D eigenvalue weighted by molar-refractivity contribution is 5.97. The molecular formula is C18H18F7N3O2. The van der Waals surface area contributed by atoms with E-state index in [2.05, 4.69) is 20.4 Å². The molecule has 0 saturated heterocycles. The zero-order valence-electron chi connectivity index (χ0n) is 15.8. The smallest absolute Gasteiger partial charge is 0.418 e. The molecule has 1 amide bonds. The second-order valence-electron chi connectivity index (χ2n) is 6.48. The van der Waals surface area contributed by atoms with Gasteiger partial charge < -0.3 is 15.4 Å². The maximum Gasteiger partial charge on any atom is 0.418 e. The van der Waals surface area contributed by atoms with E-state index in [1.165, 1.54) is 19.9 Å². The lowest BCUT2D eigenvalue weighted by molar-refractivity contribution is -0.136. The minimum atomic E-state index is -4.94. The van der Waals surface area contributed by atoms with Gasteiger partial charge in [0, 0.05) is 18.0 Å². The van der Waals surface area contributed by atoms with Gasteiger partial charge in [0.05, 0.1) is 17.6 Å². The van der Waals surface area contributed by atoms with Crippen LogP contribution in [0.1, 0.15) is 28.5 Å². The molecule has 0 aliphatic heterocycles. The molecule has 0 aliphatic carbocycles. The van der Waals surface area contributed by atoms with E-state index < -0.39 is 54.5 Å². The molecule has 2 rings (SSSR count). The number of hydrogen-bond acceptors (Lipinski definition) is 4. The van der Waals surface area contributed by atoms with Crippen LogP contribution in [0.25, 0.3) is 10.9 Å². The van der Waals surface area contributed by atoms with Crippen molar-refractivity contribution >= 4 is 16.8 Å². The van der Waals surface area contributed by atoms with Gasteiger partial charge in [0.2, 0.25) is 0 Å². The first-order valence-electron chi connectivity index (χ1n) is 8.65. The van der Waals surface area contributed by atoms with Crippen LogP contribution in [0.15, 0.2) is 18.2 Å². The molecule has 166 valence electrons. The Kier molecular flexibility index (Phi) is 7.45. The van der Waals surface area contributed by atoms with Crippen LogP contribution in [0.2, 0.25) is 0 Å². The van der Waals surface area contributed by atoms with Gasteiger partial charge in [-0.25, -0.2) is 13.8 Å². The predicted octanol–water partition coefficient (Wildman–Crippen LogP) is 4.14. The number of benzene rings is 1. The number of hydrogen-bond donors (Lipinski definition) is 2. The summed E-state index contributed by atoms with van der Waals surface area (Å²) in [5.74, 6) is -1.50. The number of aryl methyl sites for hydroxylation is 1. The summed E-state index contributed by atoms with van der Waals surface area (Å²) < 4.78 is 93.7. The van der Waals surface area contributed by atoms with E-state index in [1.807, 2.05) is 0 Å². The van der Waals surface area contributed by atoms with Crippen molar-refractivity contribution in [2.75, 3.05) is 13.1 Å². The monoisotopic (exact) mass is 441 g/mol. The number of carbonyl (C=O) groups is 1. The molecule has 0 aliphatic rings. The number of carbonyl (C=O) groups excluding carboxylic acids is 1. The van der Waals surface area contributed by atoms with Crippen molar-refractivity contribution in [2.45, 2.75) is 39.1 Å². The van der Waals surface area contributed by atoms with Crippen molar-refractivity contribution in [3.63, 3.8) is 0 Å². The van der Waals surface area contributed by atoms with E-state index >= 15 is 0 Å². The lowest BCUT2D eigenvalue weighted by Crippen LogP contribution is -2.40. The van der Waals surface area contributed by atoms with Crippen molar-refractivity contribution in [3.05, 3.63) is 35.0 Å². The first-order chi connectivity index (χ1) is 13.9. The average Bonchev–Trinajstić information content (AvgIpc) is 2.62. The summed E-state index contributed by atoms with van der Waals surface area (Å²) in [6.07, 6.45) is -7.52. The van der Waals surface area contributed by atoms with Gasteiger partial charge in [-0.3, -0.25) is 4.79 Å². The minimum Gasteiger partial charge on any atom is -0.435 e. The minimum absolute atomic E-state index is 0.0718. The third-order valence-electron chi connectivity index (χ3n) is 4.05. The van der Waals surface area contributed by atoms with Crippen LogP contribution in [-0.4, -0.2) is 43.1 Å². The van der Waals surface area contributed by atoms with Gasteiger partial charge in [-0.2, -0.15) is 22.0 Å². The molecule has 0 fully saturated rings. The number of nitrogens with one attached hydrogen (secondary N) is 2. The Bertz CT molecular complexity index is 903. The zero-order valence-corrected chi connectivity index (χ0v) is 15.8. The maximum absolute atomic E-state index is 13.5. The molecule has 0 bridgehead atoms. The Hall–Kier alpha value is -2.63. The van der Waals surface area contributed by atoms with Crippen LogP contribution in [0.4, 0.5) is 30.7 Å². The van der Waals surface area contributed by atoms with E-state index in [0.29, 0.717) is 6.07 Å². The third-order valence-corrected chi connectivity index (χ3v) is 4.05. The predicted molar refractivity (Wildman–Crippen MR) is 93.9 cm³/mol. The fourth-order valence-corrected chi connectivity index (χ4v) is 2.67. The lowest BCUT2D eigenvalue weighted by Gasteiger charge is -2.16. The van der Waals surface area contributed by atoms with Gasteiger partial charge in [-0.1, -0.05) is 0 Å². The Labute approximate surface area is 166 Å². The standard InChI is InChI=1S/C18H18F7N3O2/c1-8-3-13(16(29)27-6-9(2)26-7-14(19)20)28-15-11(8)4-10(30-17(21)22)5-12(15)18(23,24)25/h3-5,9,14,17,26H,6-7H2,1-2H3,(H,27,29). The molecule has 0 spiro atoms. The highest BCUT2D eigenvalue weighted by atomic mass is 19.4. The number of halogens is 7. The van der Waals surface area contributed by atoms with E-state index in [0.717, 1.165) is 6.07 Å².